The molecule has 140 valence electrons. The van der Waals surface area contributed by atoms with Crippen molar-refractivity contribution in [3.63, 3.8) is 0 Å². The number of nitrogens with zero attached hydrogens (tertiary/aromatic N) is 1. The van der Waals surface area contributed by atoms with Gasteiger partial charge in [-0.25, -0.2) is 4.79 Å². The molecule has 0 aromatic heterocycles. The molecule has 0 heterocycles. The molecule has 2 aromatic carbocycles. The molecule has 6 heteroatoms. The van der Waals surface area contributed by atoms with Gasteiger partial charge in [-0.3, -0.25) is 4.79 Å². The minimum atomic E-state index is -0.683. The van der Waals surface area contributed by atoms with E-state index in [1.54, 1.807) is 24.3 Å². The van der Waals surface area contributed by atoms with Crippen molar-refractivity contribution < 1.29 is 19.1 Å². The van der Waals surface area contributed by atoms with Crippen LogP contribution in [0.15, 0.2) is 48.5 Å². The number of hydrogen-bond acceptors (Lipinski definition) is 5. The third-order valence-corrected chi connectivity index (χ3v) is 3.98. The average molecular weight is 366 g/mol. The van der Waals surface area contributed by atoms with Crippen LogP contribution in [0, 0.1) is 11.3 Å². The van der Waals surface area contributed by atoms with Crippen LogP contribution in [0.4, 0.5) is 0 Å². The fourth-order valence-corrected chi connectivity index (χ4v) is 2.42. The average Bonchev–Trinajstić information content (AvgIpc) is 2.70. The second-order valence-electron chi connectivity index (χ2n) is 5.94. The standard InChI is InChI=1S/C21H22N2O4/c1-3-16-8-10-17(11-9-16)15(2)23-20(24)13-27-21(25)14-26-19-7-5-4-6-18(19)12-22/h4-11,15H,3,13-14H2,1-2H3,(H,23,24)/t15-/m1/s1. The quantitative estimate of drug-likeness (QED) is 0.726. The Morgan fingerprint density at radius 2 is 1.81 bits per heavy atom. The monoisotopic (exact) mass is 366 g/mol. The topological polar surface area (TPSA) is 88.4 Å². The third-order valence-electron chi connectivity index (χ3n) is 3.98. The minimum Gasteiger partial charge on any atom is -0.481 e. The lowest BCUT2D eigenvalue weighted by atomic mass is 10.1. The van der Waals surface area contributed by atoms with E-state index in [1.165, 1.54) is 5.56 Å². The van der Waals surface area contributed by atoms with Gasteiger partial charge in [0, 0.05) is 0 Å². The lowest BCUT2D eigenvalue weighted by Crippen LogP contribution is -2.32. The zero-order valence-electron chi connectivity index (χ0n) is 15.4. The third kappa shape index (κ3) is 6.15. The van der Waals surface area contributed by atoms with Gasteiger partial charge in [0.05, 0.1) is 11.6 Å². The number of hydrogen-bond donors (Lipinski definition) is 1. The molecule has 1 amide bonds. The summed E-state index contributed by atoms with van der Waals surface area (Å²) in [6, 6.07) is 16.3. The number of rotatable bonds is 8. The van der Waals surface area contributed by atoms with Gasteiger partial charge >= 0.3 is 5.97 Å². The molecule has 0 saturated heterocycles. The van der Waals surface area contributed by atoms with Crippen LogP contribution >= 0.6 is 0 Å². The predicted octanol–water partition coefficient (Wildman–Crippen LogP) is 2.92. The van der Waals surface area contributed by atoms with Crippen LogP contribution in [0.5, 0.6) is 5.75 Å². The van der Waals surface area contributed by atoms with E-state index < -0.39 is 11.9 Å². The Balaban J connectivity index is 1.75. The van der Waals surface area contributed by atoms with E-state index in [1.807, 2.05) is 37.3 Å². The summed E-state index contributed by atoms with van der Waals surface area (Å²) in [4.78, 5) is 23.7. The van der Waals surface area contributed by atoms with Crippen LogP contribution < -0.4 is 10.1 Å². The van der Waals surface area contributed by atoms with Crippen LogP contribution in [-0.4, -0.2) is 25.1 Å². The molecule has 0 aliphatic carbocycles. The molecule has 2 aromatic rings. The Morgan fingerprint density at radius 3 is 2.48 bits per heavy atom. The maximum atomic E-state index is 12.0. The van der Waals surface area contributed by atoms with Gasteiger partial charge in [-0.2, -0.15) is 5.26 Å². The minimum absolute atomic E-state index is 0.194. The molecule has 6 nitrogen and oxygen atoms in total. The number of aryl methyl sites for hydroxylation is 1. The Morgan fingerprint density at radius 1 is 1.11 bits per heavy atom. The van der Waals surface area contributed by atoms with Gasteiger partial charge in [0.25, 0.3) is 5.91 Å². The lowest BCUT2D eigenvalue weighted by Gasteiger charge is -2.15. The van der Waals surface area contributed by atoms with Gasteiger partial charge in [0.2, 0.25) is 0 Å². The molecule has 0 unspecified atom stereocenters. The van der Waals surface area contributed by atoms with Crippen molar-refractivity contribution in [1.29, 1.82) is 5.26 Å². The number of ether oxygens (including phenoxy) is 2. The van der Waals surface area contributed by atoms with Crippen molar-refractivity contribution in [3.05, 3.63) is 65.2 Å². The summed E-state index contributed by atoms with van der Waals surface area (Å²) in [6.45, 7) is 3.18. The van der Waals surface area contributed by atoms with Gasteiger partial charge in [0.15, 0.2) is 13.2 Å². The summed E-state index contributed by atoms with van der Waals surface area (Å²) in [5.41, 5.74) is 2.53. The van der Waals surface area contributed by atoms with Crippen molar-refractivity contribution in [2.24, 2.45) is 0 Å². The SMILES string of the molecule is CCc1ccc([C@@H](C)NC(=O)COC(=O)COc2ccccc2C#N)cc1. The Labute approximate surface area is 158 Å². The molecule has 0 saturated carbocycles. The zero-order chi connectivity index (χ0) is 19.6. The molecule has 0 radical (unpaired) electrons. The van der Waals surface area contributed by atoms with Crippen molar-refractivity contribution >= 4 is 11.9 Å². The predicted molar refractivity (Wildman–Crippen MR) is 100.0 cm³/mol. The van der Waals surface area contributed by atoms with Crippen LogP contribution in [0.25, 0.3) is 0 Å². The smallest absolute Gasteiger partial charge is 0.344 e. The number of nitrogens with one attached hydrogen (secondary N) is 1. The van der Waals surface area contributed by atoms with Gasteiger partial charge in [-0.15, -0.1) is 0 Å². The molecule has 0 spiro atoms. The van der Waals surface area contributed by atoms with Crippen molar-refractivity contribution in [3.8, 4) is 11.8 Å². The number of carbonyl (C=O) groups is 2. The highest BCUT2D eigenvalue weighted by Gasteiger charge is 2.13. The maximum absolute atomic E-state index is 12.0. The fourth-order valence-electron chi connectivity index (χ4n) is 2.42. The molecular formula is C21H22N2O4. The van der Waals surface area contributed by atoms with Gasteiger partial charge in [-0.1, -0.05) is 43.3 Å². The Hall–Kier alpha value is -3.33. The van der Waals surface area contributed by atoms with Crippen molar-refractivity contribution in [2.45, 2.75) is 26.3 Å². The summed E-state index contributed by atoms with van der Waals surface area (Å²) < 4.78 is 10.2. The number of nitriles is 1. The molecule has 0 bridgehead atoms. The highest BCUT2D eigenvalue weighted by molar-refractivity contribution is 5.81. The molecule has 1 N–H and O–H groups in total. The number of carbonyl (C=O) groups excluding carboxylic acids is 2. The van der Waals surface area contributed by atoms with E-state index in [2.05, 4.69) is 12.2 Å². The van der Waals surface area contributed by atoms with E-state index in [4.69, 9.17) is 14.7 Å². The van der Waals surface area contributed by atoms with Crippen LogP contribution in [0.1, 0.15) is 36.6 Å². The number of esters is 1. The maximum Gasteiger partial charge on any atom is 0.344 e. The largest absolute Gasteiger partial charge is 0.481 e. The molecule has 0 aliphatic heterocycles. The molecule has 2 rings (SSSR count). The van der Waals surface area contributed by atoms with Gasteiger partial charge in [0.1, 0.15) is 11.8 Å². The molecule has 27 heavy (non-hydrogen) atoms. The highest BCUT2D eigenvalue weighted by Crippen LogP contribution is 2.16. The summed E-state index contributed by atoms with van der Waals surface area (Å²) >= 11 is 0. The summed E-state index contributed by atoms with van der Waals surface area (Å²) in [7, 11) is 0. The van der Waals surface area contributed by atoms with Crippen molar-refractivity contribution in [1.82, 2.24) is 5.32 Å². The molecule has 0 fully saturated rings. The van der Waals surface area contributed by atoms with E-state index in [0.717, 1.165) is 12.0 Å². The first-order valence-electron chi connectivity index (χ1n) is 8.69. The van der Waals surface area contributed by atoms with E-state index in [9.17, 15) is 9.59 Å². The van der Waals surface area contributed by atoms with E-state index in [0.29, 0.717) is 11.3 Å². The molecule has 0 aliphatic rings. The second-order valence-corrected chi connectivity index (χ2v) is 5.94. The highest BCUT2D eigenvalue weighted by atomic mass is 16.6. The second kappa shape index (κ2) is 9.97. The normalized spacial score (nSPS) is 11.1. The lowest BCUT2D eigenvalue weighted by molar-refractivity contribution is -0.150. The first kappa shape index (κ1) is 20.0. The van der Waals surface area contributed by atoms with Crippen LogP contribution in [0.3, 0.4) is 0 Å². The van der Waals surface area contributed by atoms with Gasteiger partial charge < -0.3 is 14.8 Å². The molecule has 1 atom stereocenters. The van der Waals surface area contributed by atoms with Crippen LogP contribution in [-0.2, 0) is 20.7 Å². The van der Waals surface area contributed by atoms with Crippen LogP contribution in [0.2, 0.25) is 0 Å². The van der Waals surface area contributed by atoms with Gasteiger partial charge in [-0.05, 0) is 36.6 Å². The summed E-state index contributed by atoms with van der Waals surface area (Å²) in [5, 5.41) is 11.7. The Kier molecular flexibility index (Phi) is 7.38. The fraction of sp³-hybridized carbons (Fsp3) is 0.286. The zero-order valence-corrected chi connectivity index (χ0v) is 15.4. The first-order chi connectivity index (χ1) is 13.0. The first-order valence-corrected chi connectivity index (χ1v) is 8.69. The number of para-hydroxylation sites is 1. The van der Waals surface area contributed by atoms with Crippen molar-refractivity contribution in [2.75, 3.05) is 13.2 Å². The summed E-state index contributed by atoms with van der Waals surface area (Å²) in [6.07, 6.45) is 0.956. The number of benzene rings is 2. The summed E-state index contributed by atoms with van der Waals surface area (Å²) in [5.74, 6) is -0.781. The van der Waals surface area contributed by atoms with E-state index >= 15 is 0 Å². The number of amides is 1. The molecular weight excluding hydrogens is 344 g/mol. The van der Waals surface area contributed by atoms with E-state index in [-0.39, 0.29) is 19.3 Å². The Bertz CT molecular complexity index is 825.